The number of benzene rings is 1. The van der Waals surface area contributed by atoms with Gasteiger partial charge >= 0.3 is 0 Å². The van der Waals surface area contributed by atoms with Crippen LogP contribution in [-0.4, -0.2) is 24.6 Å². The number of rotatable bonds is 6. The van der Waals surface area contributed by atoms with E-state index in [1.807, 2.05) is 26.0 Å². The molecule has 1 amide bonds. The maximum Gasteiger partial charge on any atom is 0.238 e. The van der Waals surface area contributed by atoms with E-state index in [1.54, 1.807) is 0 Å². The largest absolute Gasteiger partial charge is 0.491 e. The monoisotopic (exact) mass is 292 g/mol. The van der Waals surface area contributed by atoms with Gasteiger partial charge in [-0.3, -0.25) is 4.79 Å². The summed E-state index contributed by atoms with van der Waals surface area (Å²) in [6, 6.07) is 5.79. The molecule has 4 heteroatoms. The van der Waals surface area contributed by atoms with E-state index in [-0.39, 0.29) is 18.1 Å². The van der Waals surface area contributed by atoms with Crippen molar-refractivity contribution in [1.29, 1.82) is 0 Å². The second kappa shape index (κ2) is 6.94. The number of carbonyl (C=O) groups is 1. The molecule has 1 unspecified atom stereocenters. The first-order chi connectivity index (χ1) is 9.61. The summed E-state index contributed by atoms with van der Waals surface area (Å²) in [6.45, 7) is 12.7. The molecular formula is C17H28N2O2. The molecule has 1 rings (SSSR count). The summed E-state index contributed by atoms with van der Waals surface area (Å²) >= 11 is 0. The molecule has 0 aliphatic rings. The molecule has 0 fully saturated rings. The Morgan fingerprint density at radius 3 is 2.43 bits per heavy atom. The average molecular weight is 292 g/mol. The van der Waals surface area contributed by atoms with Gasteiger partial charge in [-0.25, -0.2) is 0 Å². The highest BCUT2D eigenvalue weighted by molar-refractivity contribution is 5.80. The normalized spacial score (nSPS) is 13.3. The predicted octanol–water partition coefficient (Wildman–Crippen LogP) is 2.52. The quantitative estimate of drug-likeness (QED) is 0.847. The van der Waals surface area contributed by atoms with E-state index in [0.717, 1.165) is 11.3 Å². The fourth-order valence-corrected chi connectivity index (χ4v) is 2.14. The number of ether oxygens (including phenoxy) is 1. The average Bonchev–Trinajstić information content (AvgIpc) is 2.33. The van der Waals surface area contributed by atoms with Crippen molar-refractivity contribution in [2.75, 3.05) is 6.61 Å². The number of primary amides is 1. The molecule has 118 valence electrons. The molecule has 1 atom stereocenters. The first-order valence-corrected chi connectivity index (χ1v) is 7.40. The van der Waals surface area contributed by atoms with Crippen LogP contribution in [-0.2, 0) is 10.2 Å². The van der Waals surface area contributed by atoms with Crippen molar-refractivity contribution in [3.8, 4) is 5.75 Å². The molecule has 1 aromatic rings. The second-order valence-corrected chi connectivity index (χ2v) is 6.84. The lowest BCUT2D eigenvalue weighted by Crippen LogP contribution is -2.48. The van der Waals surface area contributed by atoms with E-state index in [2.05, 4.69) is 39.1 Å². The molecule has 0 spiro atoms. The van der Waals surface area contributed by atoms with Gasteiger partial charge in [0, 0.05) is 6.04 Å². The zero-order chi connectivity index (χ0) is 16.2. The summed E-state index contributed by atoms with van der Waals surface area (Å²) in [6.07, 6.45) is 0. The summed E-state index contributed by atoms with van der Waals surface area (Å²) < 4.78 is 5.88. The number of hydrogen-bond donors (Lipinski definition) is 2. The third-order valence-corrected chi connectivity index (χ3v) is 3.23. The summed E-state index contributed by atoms with van der Waals surface area (Å²) in [4.78, 5) is 11.5. The van der Waals surface area contributed by atoms with Crippen LogP contribution in [0.5, 0.6) is 5.75 Å². The summed E-state index contributed by atoms with van der Waals surface area (Å²) in [5.41, 5.74) is 7.72. The first kappa shape index (κ1) is 17.5. The van der Waals surface area contributed by atoms with Gasteiger partial charge in [0.25, 0.3) is 0 Å². The fourth-order valence-electron chi connectivity index (χ4n) is 2.14. The second-order valence-electron chi connectivity index (χ2n) is 6.84. The number of nitrogens with one attached hydrogen (secondary N) is 1. The molecule has 4 nitrogen and oxygen atoms in total. The first-order valence-electron chi connectivity index (χ1n) is 7.40. The summed E-state index contributed by atoms with van der Waals surface area (Å²) in [7, 11) is 0. The van der Waals surface area contributed by atoms with Crippen LogP contribution in [0.3, 0.4) is 0 Å². The Morgan fingerprint density at radius 2 is 1.95 bits per heavy atom. The molecule has 3 N–H and O–H groups in total. The standard InChI is InChI=1S/C17H28N2O2/c1-11(2)19-14(16(18)20)10-21-15-8-7-12(3)9-13(15)17(4,5)6/h7-9,11,14,19H,10H2,1-6H3,(H2,18,20). The molecule has 0 radical (unpaired) electrons. The van der Waals surface area contributed by atoms with Gasteiger partial charge in [0.2, 0.25) is 5.91 Å². The van der Waals surface area contributed by atoms with Crippen molar-refractivity contribution in [1.82, 2.24) is 5.32 Å². The minimum absolute atomic E-state index is 0.0188. The lowest BCUT2D eigenvalue weighted by atomic mass is 9.85. The molecule has 0 heterocycles. The molecule has 0 saturated carbocycles. The molecule has 1 aromatic carbocycles. The SMILES string of the molecule is Cc1ccc(OCC(NC(C)C)C(N)=O)c(C(C)(C)C)c1. The van der Waals surface area contributed by atoms with Crippen LogP contribution in [0.25, 0.3) is 0 Å². The van der Waals surface area contributed by atoms with Crippen molar-refractivity contribution in [2.45, 2.75) is 59.0 Å². The molecular weight excluding hydrogens is 264 g/mol. The zero-order valence-electron chi connectivity index (χ0n) is 14.0. The van der Waals surface area contributed by atoms with Gasteiger partial charge in [-0.1, -0.05) is 52.3 Å². The van der Waals surface area contributed by atoms with Gasteiger partial charge < -0.3 is 15.8 Å². The van der Waals surface area contributed by atoms with Crippen molar-refractivity contribution < 1.29 is 9.53 Å². The summed E-state index contributed by atoms with van der Waals surface area (Å²) in [5.74, 6) is 0.415. The van der Waals surface area contributed by atoms with E-state index in [0.29, 0.717) is 0 Å². The fraction of sp³-hybridized carbons (Fsp3) is 0.588. The number of nitrogens with two attached hydrogens (primary N) is 1. The Labute approximate surface area is 128 Å². The summed E-state index contributed by atoms with van der Waals surface area (Å²) in [5, 5.41) is 3.12. The zero-order valence-corrected chi connectivity index (χ0v) is 14.0. The van der Waals surface area contributed by atoms with Crippen LogP contribution in [0.2, 0.25) is 0 Å². The van der Waals surface area contributed by atoms with Gasteiger partial charge in [0.05, 0.1) is 0 Å². The Hall–Kier alpha value is -1.55. The van der Waals surface area contributed by atoms with Crippen LogP contribution < -0.4 is 15.8 Å². The van der Waals surface area contributed by atoms with Crippen LogP contribution in [0.15, 0.2) is 18.2 Å². The van der Waals surface area contributed by atoms with Gasteiger partial charge in [0.1, 0.15) is 18.4 Å². The molecule has 21 heavy (non-hydrogen) atoms. The lowest BCUT2D eigenvalue weighted by Gasteiger charge is -2.25. The lowest BCUT2D eigenvalue weighted by molar-refractivity contribution is -0.120. The van der Waals surface area contributed by atoms with Crippen LogP contribution in [0, 0.1) is 6.92 Å². The van der Waals surface area contributed by atoms with Crippen molar-refractivity contribution in [2.24, 2.45) is 5.73 Å². The molecule has 0 aromatic heterocycles. The Morgan fingerprint density at radius 1 is 1.33 bits per heavy atom. The molecule has 0 bridgehead atoms. The van der Waals surface area contributed by atoms with E-state index in [9.17, 15) is 4.79 Å². The third-order valence-electron chi connectivity index (χ3n) is 3.23. The third kappa shape index (κ3) is 5.38. The van der Waals surface area contributed by atoms with Crippen LogP contribution >= 0.6 is 0 Å². The topological polar surface area (TPSA) is 64.3 Å². The highest BCUT2D eigenvalue weighted by atomic mass is 16.5. The van der Waals surface area contributed by atoms with Gasteiger partial charge in [-0.05, 0) is 24.0 Å². The maximum absolute atomic E-state index is 11.5. The van der Waals surface area contributed by atoms with E-state index < -0.39 is 11.9 Å². The number of amides is 1. The van der Waals surface area contributed by atoms with Crippen LogP contribution in [0.4, 0.5) is 0 Å². The van der Waals surface area contributed by atoms with Crippen molar-refractivity contribution >= 4 is 5.91 Å². The van der Waals surface area contributed by atoms with Crippen molar-refractivity contribution in [3.63, 3.8) is 0 Å². The van der Waals surface area contributed by atoms with Gasteiger partial charge in [-0.15, -0.1) is 0 Å². The van der Waals surface area contributed by atoms with E-state index in [1.165, 1.54) is 5.56 Å². The Balaban J connectivity index is 2.90. The minimum Gasteiger partial charge on any atom is -0.491 e. The van der Waals surface area contributed by atoms with E-state index >= 15 is 0 Å². The van der Waals surface area contributed by atoms with E-state index in [4.69, 9.17) is 10.5 Å². The Bertz CT molecular complexity index is 490. The van der Waals surface area contributed by atoms with Gasteiger partial charge in [0.15, 0.2) is 0 Å². The highest BCUT2D eigenvalue weighted by Crippen LogP contribution is 2.32. The molecule has 0 aliphatic heterocycles. The molecule has 0 aliphatic carbocycles. The molecule has 0 saturated heterocycles. The van der Waals surface area contributed by atoms with Crippen LogP contribution in [0.1, 0.15) is 45.7 Å². The Kier molecular flexibility index (Phi) is 5.78. The number of carbonyl (C=O) groups excluding carboxylic acids is 1. The smallest absolute Gasteiger partial charge is 0.238 e. The number of aryl methyl sites for hydroxylation is 1. The predicted molar refractivity (Wildman–Crippen MR) is 86.6 cm³/mol. The van der Waals surface area contributed by atoms with Gasteiger partial charge in [-0.2, -0.15) is 0 Å². The van der Waals surface area contributed by atoms with Crippen molar-refractivity contribution in [3.05, 3.63) is 29.3 Å². The highest BCUT2D eigenvalue weighted by Gasteiger charge is 2.21. The number of hydrogen-bond acceptors (Lipinski definition) is 3. The minimum atomic E-state index is -0.487. The maximum atomic E-state index is 11.5.